The van der Waals surface area contributed by atoms with Gasteiger partial charge in [0.15, 0.2) is 0 Å². The lowest BCUT2D eigenvalue weighted by Crippen LogP contribution is -2.38. The standard InChI is InChI=1S/C15H20N4O.ClH/c1-10(9-16)17-15(20)14-11(2)18-19(12(14)3)13-7-5-4-6-8-13;/h4-8,10H,9,16H2,1-3H3,(H,17,20);1H/t10-;/m0./s1. The number of hydrogen-bond acceptors (Lipinski definition) is 3. The van der Waals surface area contributed by atoms with E-state index in [0.29, 0.717) is 17.8 Å². The maximum atomic E-state index is 12.3. The van der Waals surface area contributed by atoms with Crippen molar-refractivity contribution < 1.29 is 4.79 Å². The third-order valence-corrected chi connectivity index (χ3v) is 3.25. The van der Waals surface area contributed by atoms with Gasteiger partial charge in [0.25, 0.3) is 5.91 Å². The van der Waals surface area contributed by atoms with Crippen molar-refractivity contribution in [3.8, 4) is 5.69 Å². The average Bonchev–Trinajstić information content (AvgIpc) is 2.74. The van der Waals surface area contributed by atoms with E-state index < -0.39 is 0 Å². The highest BCUT2D eigenvalue weighted by atomic mass is 35.5. The Bertz CT molecular complexity index is 610. The zero-order valence-corrected chi connectivity index (χ0v) is 13.3. The minimum atomic E-state index is -0.125. The van der Waals surface area contributed by atoms with Gasteiger partial charge >= 0.3 is 0 Å². The molecule has 0 aliphatic rings. The zero-order valence-electron chi connectivity index (χ0n) is 12.5. The molecule has 114 valence electrons. The summed E-state index contributed by atoms with van der Waals surface area (Å²) < 4.78 is 1.79. The van der Waals surface area contributed by atoms with E-state index in [1.165, 1.54) is 0 Å². The lowest BCUT2D eigenvalue weighted by atomic mass is 10.1. The van der Waals surface area contributed by atoms with Crippen LogP contribution in [0, 0.1) is 13.8 Å². The van der Waals surface area contributed by atoms with Crippen molar-refractivity contribution >= 4 is 18.3 Å². The van der Waals surface area contributed by atoms with Gasteiger partial charge in [0, 0.05) is 12.6 Å². The zero-order chi connectivity index (χ0) is 14.7. The number of rotatable bonds is 4. The number of nitrogens with zero attached hydrogens (tertiary/aromatic N) is 2. The third-order valence-electron chi connectivity index (χ3n) is 3.25. The number of para-hydroxylation sites is 1. The van der Waals surface area contributed by atoms with Gasteiger partial charge in [0.05, 0.1) is 22.6 Å². The van der Waals surface area contributed by atoms with Gasteiger partial charge in [0.1, 0.15) is 0 Å². The molecule has 21 heavy (non-hydrogen) atoms. The summed E-state index contributed by atoms with van der Waals surface area (Å²) in [6, 6.07) is 9.71. The lowest BCUT2D eigenvalue weighted by Gasteiger charge is -2.11. The van der Waals surface area contributed by atoms with Gasteiger partial charge < -0.3 is 11.1 Å². The SMILES string of the molecule is Cc1nn(-c2ccccc2)c(C)c1C(=O)N[C@@H](C)CN.Cl. The largest absolute Gasteiger partial charge is 0.348 e. The van der Waals surface area contributed by atoms with Crippen LogP contribution < -0.4 is 11.1 Å². The van der Waals surface area contributed by atoms with Crippen LogP contribution in [-0.4, -0.2) is 28.3 Å². The molecule has 1 aromatic heterocycles. The van der Waals surface area contributed by atoms with Gasteiger partial charge in [-0.2, -0.15) is 5.10 Å². The predicted octanol–water partition coefficient (Wildman–Crippen LogP) is 1.99. The number of benzene rings is 1. The second-order valence-electron chi connectivity index (χ2n) is 4.90. The molecule has 0 aliphatic carbocycles. The van der Waals surface area contributed by atoms with Crippen LogP contribution >= 0.6 is 12.4 Å². The van der Waals surface area contributed by atoms with Crippen molar-refractivity contribution in [1.82, 2.24) is 15.1 Å². The lowest BCUT2D eigenvalue weighted by molar-refractivity contribution is 0.0940. The number of aromatic nitrogens is 2. The van der Waals surface area contributed by atoms with E-state index in [-0.39, 0.29) is 24.4 Å². The molecule has 1 aromatic carbocycles. The molecule has 0 spiro atoms. The molecule has 0 saturated heterocycles. The van der Waals surface area contributed by atoms with Crippen molar-refractivity contribution in [2.75, 3.05) is 6.54 Å². The Labute approximate surface area is 130 Å². The minimum Gasteiger partial charge on any atom is -0.348 e. The van der Waals surface area contributed by atoms with E-state index in [1.54, 1.807) is 4.68 Å². The Hall–Kier alpha value is -1.85. The number of carbonyl (C=O) groups is 1. The Balaban J connectivity index is 0.00000220. The van der Waals surface area contributed by atoms with E-state index in [1.807, 2.05) is 51.1 Å². The van der Waals surface area contributed by atoms with Crippen molar-refractivity contribution in [2.24, 2.45) is 5.73 Å². The minimum absolute atomic E-state index is 0. The maximum Gasteiger partial charge on any atom is 0.255 e. The van der Waals surface area contributed by atoms with Gasteiger partial charge in [-0.3, -0.25) is 4.79 Å². The van der Waals surface area contributed by atoms with Crippen LogP contribution in [0.1, 0.15) is 28.7 Å². The van der Waals surface area contributed by atoms with Crippen molar-refractivity contribution in [1.29, 1.82) is 0 Å². The Morgan fingerprint density at radius 1 is 1.33 bits per heavy atom. The van der Waals surface area contributed by atoms with Crippen LogP contribution in [0.5, 0.6) is 0 Å². The summed E-state index contributed by atoms with van der Waals surface area (Å²) >= 11 is 0. The molecule has 1 heterocycles. The van der Waals surface area contributed by atoms with Crippen LogP contribution in [0.3, 0.4) is 0 Å². The van der Waals surface area contributed by atoms with Crippen LogP contribution in [0.4, 0.5) is 0 Å². The van der Waals surface area contributed by atoms with Gasteiger partial charge in [-0.05, 0) is 32.9 Å². The van der Waals surface area contributed by atoms with Gasteiger partial charge in [-0.15, -0.1) is 12.4 Å². The quantitative estimate of drug-likeness (QED) is 0.907. The molecule has 1 amide bonds. The number of nitrogens with two attached hydrogens (primary N) is 1. The molecule has 0 radical (unpaired) electrons. The summed E-state index contributed by atoms with van der Waals surface area (Å²) in [5.41, 5.74) is 8.64. The van der Waals surface area contributed by atoms with Crippen LogP contribution in [0.2, 0.25) is 0 Å². The second kappa shape index (κ2) is 7.24. The van der Waals surface area contributed by atoms with E-state index in [0.717, 1.165) is 11.4 Å². The number of aryl methyl sites for hydroxylation is 1. The monoisotopic (exact) mass is 308 g/mol. The van der Waals surface area contributed by atoms with Crippen molar-refractivity contribution in [3.63, 3.8) is 0 Å². The predicted molar refractivity (Wildman–Crippen MR) is 86.3 cm³/mol. The van der Waals surface area contributed by atoms with Crippen molar-refractivity contribution in [2.45, 2.75) is 26.8 Å². The fraction of sp³-hybridized carbons (Fsp3) is 0.333. The summed E-state index contributed by atoms with van der Waals surface area (Å²) in [5, 5.41) is 7.33. The molecular weight excluding hydrogens is 288 g/mol. The Morgan fingerprint density at radius 2 is 1.95 bits per heavy atom. The average molecular weight is 309 g/mol. The first-order valence-electron chi connectivity index (χ1n) is 6.67. The summed E-state index contributed by atoms with van der Waals surface area (Å²) in [7, 11) is 0. The molecule has 0 aliphatic heterocycles. The van der Waals surface area contributed by atoms with Gasteiger partial charge in [0.2, 0.25) is 0 Å². The first-order chi connectivity index (χ1) is 9.54. The number of amides is 1. The summed E-state index contributed by atoms with van der Waals surface area (Å²) in [6.45, 7) is 6.03. The number of halogens is 1. The Kier molecular flexibility index (Phi) is 5.93. The summed E-state index contributed by atoms with van der Waals surface area (Å²) in [6.07, 6.45) is 0. The highest BCUT2D eigenvalue weighted by Gasteiger charge is 2.20. The van der Waals surface area contributed by atoms with E-state index in [4.69, 9.17) is 5.73 Å². The van der Waals surface area contributed by atoms with Crippen LogP contribution in [0.25, 0.3) is 5.69 Å². The molecule has 2 rings (SSSR count). The molecule has 0 bridgehead atoms. The summed E-state index contributed by atoms with van der Waals surface area (Å²) in [5.74, 6) is -0.125. The van der Waals surface area contributed by atoms with E-state index >= 15 is 0 Å². The fourth-order valence-electron chi connectivity index (χ4n) is 2.15. The van der Waals surface area contributed by atoms with Gasteiger partial charge in [-0.1, -0.05) is 18.2 Å². The smallest absolute Gasteiger partial charge is 0.255 e. The fourth-order valence-corrected chi connectivity index (χ4v) is 2.15. The van der Waals surface area contributed by atoms with Crippen LogP contribution in [-0.2, 0) is 0 Å². The normalized spacial score (nSPS) is 11.6. The molecule has 0 saturated carbocycles. The molecule has 0 unspecified atom stereocenters. The number of carbonyl (C=O) groups excluding carboxylic acids is 1. The maximum absolute atomic E-state index is 12.3. The molecule has 0 fully saturated rings. The van der Waals surface area contributed by atoms with Gasteiger partial charge in [-0.25, -0.2) is 4.68 Å². The third kappa shape index (κ3) is 3.62. The highest BCUT2D eigenvalue weighted by molar-refractivity contribution is 5.96. The number of nitrogens with one attached hydrogen (secondary N) is 1. The first kappa shape index (κ1) is 17.2. The molecular formula is C15H21ClN4O. The van der Waals surface area contributed by atoms with E-state index in [2.05, 4.69) is 10.4 Å². The topological polar surface area (TPSA) is 72.9 Å². The summed E-state index contributed by atoms with van der Waals surface area (Å²) in [4.78, 5) is 12.3. The highest BCUT2D eigenvalue weighted by Crippen LogP contribution is 2.17. The first-order valence-corrected chi connectivity index (χ1v) is 6.67. The molecule has 6 heteroatoms. The Morgan fingerprint density at radius 3 is 2.52 bits per heavy atom. The molecule has 3 N–H and O–H groups in total. The molecule has 5 nitrogen and oxygen atoms in total. The van der Waals surface area contributed by atoms with Crippen molar-refractivity contribution in [3.05, 3.63) is 47.3 Å². The van der Waals surface area contributed by atoms with E-state index in [9.17, 15) is 4.79 Å². The molecule has 1 atom stereocenters. The second-order valence-corrected chi connectivity index (χ2v) is 4.90. The van der Waals surface area contributed by atoms with Crippen LogP contribution in [0.15, 0.2) is 30.3 Å². The number of hydrogen-bond donors (Lipinski definition) is 2. The molecule has 2 aromatic rings.